The van der Waals surface area contributed by atoms with Crippen LogP contribution in [0.5, 0.6) is 34.5 Å². The third kappa shape index (κ3) is 3.44. The van der Waals surface area contributed by atoms with Gasteiger partial charge in [0.15, 0.2) is 23.0 Å². The van der Waals surface area contributed by atoms with E-state index in [2.05, 4.69) is 13.8 Å². The van der Waals surface area contributed by atoms with Gasteiger partial charge in [-0.25, -0.2) is 0 Å². The van der Waals surface area contributed by atoms with Crippen molar-refractivity contribution in [2.45, 2.75) is 19.3 Å². The highest BCUT2D eigenvalue weighted by molar-refractivity contribution is 5.64. The monoisotopic (exact) mass is 376 g/mol. The van der Waals surface area contributed by atoms with Crippen molar-refractivity contribution in [1.82, 2.24) is 0 Å². The quantitative estimate of drug-likeness (QED) is 0.692. The van der Waals surface area contributed by atoms with Crippen molar-refractivity contribution >= 4 is 0 Å². The van der Waals surface area contributed by atoms with Crippen LogP contribution in [-0.2, 0) is 5.41 Å². The zero-order valence-electron chi connectivity index (χ0n) is 17.3. The van der Waals surface area contributed by atoms with Crippen LogP contribution in [0.4, 0.5) is 0 Å². The van der Waals surface area contributed by atoms with E-state index in [1.807, 2.05) is 24.3 Å². The van der Waals surface area contributed by atoms with Crippen LogP contribution >= 0.6 is 0 Å². The fraction of sp³-hybridized carbons (Fsp3) is 0.429. The molecule has 0 amide bonds. The van der Waals surface area contributed by atoms with Gasteiger partial charge < -0.3 is 28.4 Å². The Balaban J connectivity index is 2.76. The van der Waals surface area contributed by atoms with Crippen molar-refractivity contribution in [1.29, 1.82) is 0 Å². The van der Waals surface area contributed by atoms with Gasteiger partial charge in [-0.05, 0) is 12.1 Å². The molecule has 2 rings (SSSR count). The van der Waals surface area contributed by atoms with E-state index in [9.17, 15) is 0 Å². The van der Waals surface area contributed by atoms with E-state index in [0.717, 1.165) is 11.1 Å². The van der Waals surface area contributed by atoms with Crippen LogP contribution in [0.15, 0.2) is 24.3 Å². The molecule has 0 aliphatic rings. The van der Waals surface area contributed by atoms with E-state index in [1.165, 1.54) is 0 Å². The number of ether oxygens (including phenoxy) is 6. The molecule has 0 aliphatic carbocycles. The van der Waals surface area contributed by atoms with Crippen molar-refractivity contribution in [2.24, 2.45) is 0 Å². The summed E-state index contributed by atoms with van der Waals surface area (Å²) in [6.45, 7) is 4.17. The molecule has 0 radical (unpaired) electrons. The second-order valence-electron chi connectivity index (χ2n) is 6.39. The Morgan fingerprint density at radius 2 is 0.815 bits per heavy atom. The lowest BCUT2D eigenvalue weighted by Crippen LogP contribution is -2.21. The Morgan fingerprint density at radius 1 is 0.481 bits per heavy atom. The maximum atomic E-state index is 5.69. The molecule has 0 atom stereocenters. The van der Waals surface area contributed by atoms with E-state index in [1.54, 1.807) is 42.7 Å². The minimum absolute atomic E-state index is 0.490. The summed E-state index contributed by atoms with van der Waals surface area (Å²) in [5.41, 5.74) is 1.36. The smallest absolute Gasteiger partial charge is 0.203 e. The van der Waals surface area contributed by atoms with Gasteiger partial charge in [-0.15, -0.1) is 0 Å². The van der Waals surface area contributed by atoms with Crippen LogP contribution in [-0.4, -0.2) is 42.7 Å². The number of methoxy groups -OCH3 is 6. The Bertz CT molecular complexity index is 732. The van der Waals surface area contributed by atoms with E-state index < -0.39 is 5.41 Å². The first kappa shape index (κ1) is 20.6. The third-order valence-corrected chi connectivity index (χ3v) is 4.76. The molecule has 0 aromatic heterocycles. The van der Waals surface area contributed by atoms with Crippen molar-refractivity contribution in [3.8, 4) is 34.5 Å². The molecule has 0 saturated heterocycles. The van der Waals surface area contributed by atoms with E-state index in [-0.39, 0.29) is 0 Å². The molecule has 0 heterocycles. The lowest BCUT2D eigenvalue weighted by molar-refractivity contribution is 0.313. The molecule has 0 unspecified atom stereocenters. The summed E-state index contributed by atoms with van der Waals surface area (Å²) in [4.78, 5) is 0. The number of hydrogen-bond acceptors (Lipinski definition) is 6. The van der Waals surface area contributed by atoms with Gasteiger partial charge >= 0.3 is 0 Å². The zero-order valence-corrected chi connectivity index (χ0v) is 17.3. The minimum Gasteiger partial charge on any atom is -0.493 e. The van der Waals surface area contributed by atoms with Gasteiger partial charge in [0.25, 0.3) is 0 Å². The van der Waals surface area contributed by atoms with Crippen molar-refractivity contribution < 1.29 is 28.4 Å². The van der Waals surface area contributed by atoms with Crippen LogP contribution in [0, 0.1) is 0 Å². The molecule has 0 aliphatic heterocycles. The van der Waals surface area contributed by atoms with Crippen molar-refractivity contribution in [3.63, 3.8) is 0 Å². The van der Waals surface area contributed by atoms with Gasteiger partial charge in [0.1, 0.15) is 0 Å². The van der Waals surface area contributed by atoms with Gasteiger partial charge in [-0.1, -0.05) is 26.0 Å². The highest BCUT2D eigenvalue weighted by Gasteiger charge is 2.34. The fourth-order valence-electron chi connectivity index (χ4n) is 3.33. The van der Waals surface area contributed by atoms with Crippen LogP contribution < -0.4 is 28.4 Å². The Labute approximate surface area is 160 Å². The molecular formula is C21H28O6. The summed E-state index contributed by atoms with van der Waals surface area (Å²) in [7, 11) is 9.60. The average Bonchev–Trinajstić information content (AvgIpc) is 2.70. The van der Waals surface area contributed by atoms with Crippen LogP contribution in [0.1, 0.15) is 25.0 Å². The summed E-state index contributed by atoms with van der Waals surface area (Å²) < 4.78 is 33.3. The molecule has 2 aromatic rings. The predicted octanol–water partition coefficient (Wildman–Crippen LogP) is 4.06. The van der Waals surface area contributed by atoms with Gasteiger partial charge in [0.05, 0.1) is 42.7 Å². The highest BCUT2D eigenvalue weighted by atomic mass is 16.5. The van der Waals surface area contributed by atoms with Crippen molar-refractivity contribution in [3.05, 3.63) is 35.4 Å². The molecule has 0 saturated carbocycles. The summed E-state index contributed by atoms with van der Waals surface area (Å²) in [5, 5.41) is 0. The standard InChI is InChI=1S/C21H28O6/c1-21(2,13-9-11-15(22-3)19(26-7)17(13)24-5)14-10-12-16(23-4)20(27-8)18(14)25-6/h9-12H,1-8H3. The second kappa shape index (κ2) is 8.29. The molecular weight excluding hydrogens is 348 g/mol. The van der Waals surface area contributed by atoms with Gasteiger partial charge in [0, 0.05) is 16.5 Å². The lowest BCUT2D eigenvalue weighted by Gasteiger charge is -2.31. The van der Waals surface area contributed by atoms with E-state index in [4.69, 9.17) is 28.4 Å². The van der Waals surface area contributed by atoms with Crippen molar-refractivity contribution in [2.75, 3.05) is 42.7 Å². The van der Waals surface area contributed by atoms with Crippen LogP contribution in [0.2, 0.25) is 0 Å². The number of rotatable bonds is 8. The predicted molar refractivity (Wildman–Crippen MR) is 104 cm³/mol. The van der Waals surface area contributed by atoms with E-state index >= 15 is 0 Å². The molecule has 2 aromatic carbocycles. The SMILES string of the molecule is COc1ccc(C(C)(C)c2ccc(OC)c(OC)c2OC)c(OC)c1OC. The molecule has 27 heavy (non-hydrogen) atoms. The molecule has 148 valence electrons. The Kier molecular flexibility index (Phi) is 6.31. The highest BCUT2D eigenvalue weighted by Crippen LogP contribution is 2.51. The molecule has 0 spiro atoms. The maximum absolute atomic E-state index is 5.69. The fourth-order valence-corrected chi connectivity index (χ4v) is 3.33. The maximum Gasteiger partial charge on any atom is 0.203 e. The first-order valence-corrected chi connectivity index (χ1v) is 8.50. The topological polar surface area (TPSA) is 55.4 Å². The Morgan fingerprint density at radius 3 is 1.07 bits per heavy atom. The van der Waals surface area contributed by atoms with Gasteiger partial charge in [0.2, 0.25) is 11.5 Å². The van der Waals surface area contributed by atoms with Gasteiger partial charge in [-0.2, -0.15) is 0 Å². The normalized spacial score (nSPS) is 11.0. The summed E-state index contributed by atoms with van der Waals surface area (Å²) in [6.07, 6.45) is 0. The lowest BCUT2D eigenvalue weighted by atomic mass is 9.76. The van der Waals surface area contributed by atoms with E-state index in [0.29, 0.717) is 34.5 Å². The summed E-state index contributed by atoms with van der Waals surface area (Å²) >= 11 is 0. The Hall–Kier alpha value is -2.76. The molecule has 6 heteroatoms. The molecule has 6 nitrogen and oxygen atoms in total. The first-order valence-electron chi connectivity index (χ1n) is 8.50. The molecule has 0 bridgehead atoms. The third-order valence-electron chi connectivity index (χ3n) is 4.76. The zero-order chi connectivity index (χ0) is 20.2. The average molecular weight is 376 g/mol. The minimum atomic E-state index is -0.490. The summed E-state index contributed by atoms with van der Waals surface area (Å²) in [5.74, 6) is 3.52. The first-order chi connectivity index (χ1) is 12.9. The largest absolute Gasteiger partial charge is 0.493 e. The second-order valence-corrected chi connectivity index (χ2v) is 6.39. The molecule has 0 N–H and O–H groups in total. The number of benzene rings is 2. The van der Waals surface area contributed by atoms with Crippen LogP contribution in [0.3, 0.4) is 0 Å². The molecule has 0 fully saturated rings. The number of hydrogen-bond donors (Lipinski definition) is 0. The summed E-state index contributed by atoms with van der Waals surface area (Å²) in [6, 6.07) is 7.67. The van der Waals surface area contributed by atoms with Gasteiger partial charge in [-0.3, -0.25) is 0 Å². The van der Waals surface area contributed by atoms with Crippen LogP contribution in [0.25, 0.3) is 0 Å².